The van der Waals surface area contributed by atoms with Gasteiger partial charge in [0.1, 0.15) is 12.2 Å². The average molecular weight is 238 g/mol. The third-order valence-corrected chi connectivity index (χ3v) is 3.14. The summed E-state index contributed by atoms with van der Waals surface area (Å²) < 4.78 is 0. The number of nitrogens with zero attached hydrogens (tertiary/aromatic N) is 3. The number of nitrogens with one attached hydrogen (secondary N) is 2. The zero-order valence-electron chi connectivity index (χ0n) is 9.89. The summed E-state index contributed by atoms with van der Waals surface area (Å²) in [7, 11) is 0. The Hall–Kier alpha value is -1.63. The number of primary amides is 1. The summed E-state index contributed by atoms with van der Waals surface area (Å²) in [5.74, 6) is 0.835. The summed E-state index contributed by atoms with van der Waals surface area (Å²) in [5, 5.41) is 10.1. The number of carbonyl (C=O) groups excluding carboxylic acids is 1. The van der Waals surface area contributed by atoms with Crippen molar-refractivity contribution in [1.29, 1.82) is 0 Å². The minimum atomic E-state index is -0.327. The van der Waals surface area contributed by atoms with Gasteiger partial charge < -0.3 is 16.0 Å². The number of nitrogens with two attached hydrogens (primary N) is 1. The van der Waals surface area contributed by atoms with Crippen LogP contribution in [0.25, 0.3) is 0 Å². The van der Waals surface area contributed by atoms with Crippen LogP contribution in [0.1, 0.15) is 31.6 Å². The molecule has 0 radical (unpaired) electrons. The van der Waals surface area contributed by atoms with Crippen molar-refractivity contribution in [3.05, 3.63) is 12.2 Å². The van der Waals surface area contributed by atoms with E-state index in [9.17, 15) is 4.79 Å². The van der Waals surface area contributed by atoms with E-state index in [1.807, 2.05) is 6.92 Å². The van der Waals surface area contributed by atoms with Crippen LogP contribution in [0, 0.1) is 0 Å². The predicted octanol–water partition coefficient (Wildman–Crippen LogP) is -0.00160. The highest BCUT2D eigenvalue weighted by Gasteiger charge is 2.22. The van der Waals surface area contributed by atoms with Crippen LogP contribution < -0.4 is 11.1 Å². The van der Waals surface area contributed by atoms with Gasteiger partial charge in [-0.2, -0.15) is 5.10 Å². The number of hydrogen-bond donors (Lipinski definition) is 3. The Labute approximate surface area is 99.8 Å². The van der Waals surface area contributed by atoms with Gasteiger partial charge in [-0.15, -0.1) is 0 Å². The molecule has 1 fully saturated rings. The molecule has 1 aliphatic rings. The normalized spacial score (nSPS) is 19.2. The predicted molar refractivity (Wildman–Crippen MR) is 62.1 cm³/mol. The molecule has 2 amide bonds. The molecule has 0 saturated carbocycles. The molecule has 17 heavy (non-hydrogen) atoms. The van der Waals surface area contributed by atoms with Crippen molar-refractivity contribution in [2.75, 3.05) is 13.1 Å². The molecular formula is C10H18N6O. The average Bonchev–Trinajstić information content (AvgIpc) is 2.83. The van der Waals surface area contributed by atoms with Crippen LogP contribution in [0.3, 0.4) is 0 Å². The van der Waals surface area contributed by atoms with Gasteiger partial charge in [0.25, 0.3) is 0 Å². The molecule has 0 aromatic carbocycles. The van der Waals surface area contributed by atoms with E-state index in [1.165, 1.54) is 6.33 Å². The summed E-state index contributed by atoms with van der Waals surface area (Å²) in [4.78, 5) is 16.8. The van der Waals surface area contributed by atoms with Gasteiger partial charge in [-0.1, -0.05) is 0 Å². The maximum absolute atomic E-state index is 11.0. The second-order valence-electron chi connectivity index (χ2n) is 4.36. The van der Waals surface area contributed by atoms with E-state index in [-0.39, 0.29) is 12.1 Å². The van der Waals surface area contributed by atoms with Gasteiger partial charge in [0.05, 0.1) is 6.04 Å². The van der Waals surface area contributed by atoms with Gasteiger partial charge in [-0.25, -0.2) is 9.78 Å². The molecule has 0 bridgehead atoms. The topological polar surface area (TPSA) is 99.9 Å². The highest BCUT2D eigenvalue weighted by molar-refractivity contribution is 5.72. The fraction of sp³-hybridized carbons (Fsp3) is 0.700. The molecule has 7 nitrogen and oxygen atoms in total. The van der Waals surface area contributed by atoms with Crippen molar-refractivity contribution < 1.29 is 4.79 Å². The fourth-order valence-corrected chi connectivity index (χ4v) is 2.12. The highest BCUT2D eigenvalue weighted by atomic mass is 16.2. The number of urea groups is 1. The number of likely N-dealkylation sites (tertiary alicyclic amines) is 1. The standard InChI is InChI=1S/C10H18N6O/c1-7(9-12-6-13-15-9)14-8-2-4-16(5-3-8)10(11)17/h6-8,14H,2-5H2,1H3,(H2,11,17)(H,12,13,15). The quantitative estimate of drug-likeness (QED) is 0.690. The number of amides is 2. The van der Waals surface area contributed by atoms with Gasteiger partial charge in [0.15, 0.2) is 0 Å². The van der Waals surface area contributed by atoms with E-state index >= 15 is 0 Å². The Morgan fingerprint density at radius 1 is 1.65 bits per heavy atom. The number of aromatic nitrogens is 3. The Morgan fingerprint density at radius 3 is 2.88 bits per heavy atom. The molecule has 2 heterocycles. The van der Waals surface area contributed by atoms with E-state index < -0.39 is 0 Å². The van der Waals surface area contributed by atoms with Crippen LogP contribution in [0.15, 0.2) is 6.33 Å². The molecule has 2 rings (SSSR count). The highest BCUT2D eigenvalue weighted by Crippen LogP contribution is 2.14. The molecule has 1 unspecified atom stereocenters. The third kappa shape index (κ3) is 2.94. The van der Waals surface area contributed by atoms with Crippen molar-refractivity contribution >= 4 is 6.03 Å². The Balaban J connectivity index is 1.80. The first-order chi connectivity index (χ1) is 8.16. The monoisotopic (exact) mass is 238 g/mol. The zero-order valence-corrected chi connectivity index (χ0v) is 9.89. The van der Waals surface area contributed by atoms with Crippen molar-refractivity contribution in [3.63, 3.8) is 0 Å². The number of rotatable bonds is 3. The van der Waals surface area contributed by atoms with E-state index in [4.69, 9.17) is 5.73 Å². The molecule has 0 spiro atoms. The van der Waals surface area contributed by atoms with Crippen molar-refractivity contribution in [1.82, 2.24) is 25.4 Å². The first kappa shape index (κ1) is 11.8. The summed E-state index contributed by atoms with van der Waals surface area (Å²) in [5.41, 5.74) is 5.23. The first-order valence-corrected chi connectivity index (χ1v) is 5.82. The minimum absolute atomic E-state index is 0.141. The molecule has 1 aromatic rings. The Morgan fingerprint density at radius 2 is 2.35 bits per heavy atom. The summed E-state index contributed by atoms with van der Waals surface area (Å²) >= 11 is 0. The SMILES string of the molecule is CC(NC1CCN(C(N)=O)CC1)c1ncn[nH]1. The molecule has 4 N–H and O–H groups in total. The van der Waals surface area contributed by atoms with Crippen LogP contribution in [-0.4, -0.2) is 45.2 Å². The smallest absolute Gasteiger partial charge is 0.314 e. The molecule has 7 heteroatoms. The lowest BCUT2D eigenvalue weighted by molar-refractivity contribution is 0.182. The number of piperidine rings is 1. The number of aromatic amines is 1. The Bertz CT molecular complexity index is 357. The lowest BCUT2D eigenvalue weighted by Crippen LogP contribution is -2.47. The van der Waals surface area contributed by atoms with Crippen molar-refractivity contribution in [2.24, 2.45) is 5.73 Å². The first-order valence-electron chi connectivity index (χ1n) is 5.82. The molecule has 1 aromatic heterocycles. The molecule has 94 valence electrons. The lowest BCUT2D eigenvalue weighted by Gasteiger charge is -2.32. The molecule has 1 saturated heterocycles. The van der Waals surface area contributed by atoms with Gasteiger partial charge in [-0.3, -0.25) is 5.10 Å². The zero-order chi connectivity index (χ0) is 12.3. The van der Waals surface area contributed by atoms with Crippen molar-refractivity contribution in [2.45, 2.75) is 31.8 Å². The number of carbonyl (C=O) groups is 1. The molecular weight excluding hydrogens is 220 g/mol. The molecule has 0 aliphatic carbocycles. The van der Waals surface area contributed by atoms with Crippen molar-refractivity contribution in [3.8, 4) is 0 Å². The molecule has 1 aliphatic heterocycles. The summed E-state index contributed by atoms with van der Waals surface area (Å²) in [6.07, 6.45) is 3.34. The number of H-pyrrole nitrogens is 1. The van der Waals surface area contributed by atoms with Gasteiger partial charge in [0.2, 0.25) is 0 Å². The second-order valence-corrected chi connectivity index (χ2v) is 4.36. The van der Waals surface area contributed by atoms with Crippen LogP contribution in [0.4, 0.5) is 4.79 Å². The number of hydrogen-bond acceptors (Lipinski definition) is 4. The third-order valence-electron chi connectivity index (χ3n) is 3.14. The maximum Gasteiger partial charge on any atom is 0.314 e. The van der Waals surface area contributed by atoms with Crippen LogP contribution in [0.2, 0.25) is 0 Å². The van der Waals surface area contributed by atoms with Gasteiger partial charge >= 0.3 is 6.03 Å². The molecule has 1 atom stereocenters. The van der Waals surface area contributed by atoms with Gasteiger partial charge in [0, 0.05) is 19.1 Å². The van der Waals surface area contributed by atoms with Crippen LogP contribution in [0.5, 0.6) is 0 Å². The maximum atomic E-state index is 11.0. The van der Waals surface area contributed by atoms with E-state index in [0.717, 1.165) is 31.8 Å². The van der Waals surface area contributed by atoms with Crippen LogP contribution in [-0.2, 0) is 0 Å². The largest absolute Gasteiger partial charge is 0.351 e. The second kappa shape index (κ2) is 5.13. The summed E-state index contributed by atoms with van der Waals surface area (Å²) in [6, 6.07) is 0.208. The van der Waals surface area contributed by atoms with E-state index in [1.54, 1.807) is 4.90 Å². The minimum Gasteiger partial charge on any atom is -0.351 e. The van der Waals surface area contributed by atoms with Crippen LogP contribution >= 0.6 is 0 Å². The van der Waals surface area contributed by atoms with Gasteiger partial charge in [-0.05, 0) is 19.8 Å². The Kier molecular flexibility index (Phi) is 3.58. The lowest BCUT2D eigenvalue weighted by atomic mass is 10.0. The fourth-order valence-electron chi connectivity index (χ4n) is 2.12. The summed E-state index contributed by atoms with van der Waals surface area (Å²) in [6.45, 7) is 3.48. The van der Waals surface area contributed by atoms with E-state index in [2.05, 4.69) is 20.5 Å². The van der Waals surface area contributed by atoms with E-state index in [0.29, 0.717) is 6.04 Å².